The van der Waals surface area contributed by atoms with Gasteiger partial charge in [-0.1, -0.05) is 6.07 Å². The largest absolute Gasteiger partial charge is 0.477 e. The zero-order valence-corrected chi connectivity index (χ0v) is 9.83. The number of hydrogen-bond donors (Lipinski definition) is 1. The summed E-state index contributed by atoms with van der Waals surface area (Å²) in [6.45, 7) is 2.47. The minimum Gasteiger partial charge on any atom is -0.477 e. The Kier molecular flexibility index (Phi) is 3.36. The van der Waals surface area contributed by atoms with E-state index in [4.69, 9.17) is 10.5 Å². The molecular formula is C11H13N3OS. The maximum atomic E-state index is 5.66. The summed E-state index contributed by atoms with van der Waals surface area (Å²) in [5.74, 6) is 1.05. The third-order valence-corrected chi connectivity index (χ3v) is 3.18. The number of ether oxygens (including phenoxy) is 1. The van der Waals surface area contributed by atoms with E-state index >= 15 is 0 Å². The SMILES string of the molecule is Cc1c(N)ncnc1OCCc1cccs1. The molecule has 2 N–H and O–H groups in total. The van der Waals surface area contributed by atoms with Gasteiger partial charge < -0.3 is 10.5 Å². The van der Waals surface area contributed by atoms with Crippen LogP contribution in [0, 0.1) is 6.92 Å². The summed E-state index contributed by atoms with van der Waals surface area (Å²) in [7, 11) is 0. The average Bonchev–Trinajstić information content (AvgIpc) is 2.77. The van der Waals surface area contributed by atoms with Gasteiger partial charge in [-0.3, -0.25) is 0 Å². The lowest BCUT2D eigenvalue weighted by Crippen LogP contribution is -2.05. The number of anilines is 1. The zero-order chi connectivity index (χ0) is 11.4. The van der Waals surface area contributed by atoms with Gasteiger partial charge in [-0.05, 0) is 18.4 Å². The van der Waals surface area contributed by atoms with Gasteiger partial charge in [0.1, 0.15) is 12.1 Å². The van der Waals surface area contributed by atoms with E-state index < -0.39 is 0 Å². The fourth-order valence-electron chi connectivity index (χ4n) is 1.30. The van der Waals surface area contributed by atoms with Crippen molar-refractivity contribution in [2.24, 2.45) is 0 Å². The molecule has 0 amide bonds. The highest BCUT2D eigenvalue weighted by atomic mass is 32.1. The first-order chi connectivity index (χ1) is 7.77. The normalized spacial score (nSPS) is 10.3. The molecule has 0 aliphatic carbocycles. The standard InChI is InChI=1S/C11H13N3OS/c1-8-10(12)13-7-14-11(8)15-5-4-9-3-2-6-16-9/h2-3,6-7H,4-5H2,1H3,(H2,12,13,14). The Balaban J connectivity index is 1.92. The Bertz CT molecular complexity index is 456. The second kappa shape index (κ2) is 4.94. The summed E-state index contributed by atoms with van der Waals surface area (Å²) in [5.41, 5.74) is 6.46. The van der Waals surface area contributed by atoms with Crippen LogP contribution in [-0.2, 0) is 6.42 Å². The van der Waals surface area contributed by atoms with Crippen LogP contribution in [-0.4, -0.2) is 16.6 Å². The molecule has 0 bridgehead atoms. The van der Waals surface area contributed by atoms with Crippen molar-refractivity contribution < 1.29 is 4.74 Å². The molecule has 0 aromatic carbocycles. The molecular weight excluding hydrogens is 222 g/mol. The van der Waals surface area contributed by atoms with Crippen molar-refractivity contribution in [3.8, 4) is 5.88 Å². The molecule has 0 atom stereocenters. The Morgan fingerprint density at radius 2 is 2.31 bits per heavy atom. The van der Waals surface area contributed by atoms with Crippen LogP contribution in [0.15, 0.2) is 23.8 Å². The predicted octanol–water partition coefficient (Wildman–Crippen LogP) is 2.05. The highest BCUT2D eigenvalue weighted by molar-refractivity contribution is 7.09. The highest BCUT2D eigenvalue weighted by Gasteiger charge is 2.05. The molecule has 2 aromatic heterocycles. The molecule has 84 valence electrons. The minimum atomic E-state index is 0.473. The molecule has 2 heterocycles. The number of nitrogen functional groups attached to an aromatic ring is 1. The van der Waals surface area contributed by atoms with Gasteiger partial charge in [0.15, 0.2) is 0 Å². The van der Waals surface area contributed by atoms with Crippen LogP contribution in [0.4, 0.5) is 5.82 Å². The fourth-order valence-corrected chi connectivity index (χ4v) is 1.99. The topological polar surface area (TPSA) is 61.0 Å². The lowest BCUT2D eigenvalue weighted by atomic mass is 10.3. The van der Waals surface area contributed by atoms with Gasteiger partial charge in [0.25, 0.3) is 0 Å². The Morgan fingerprint density at radius 3 is 3.06 bits per heavy atom. The molecule has 2 rings (SSSR count). The van der Waals surface area contributed by atoms with Crippen LogP contribution >= 0.6 is 11.3 Å². The van der Waals surface area contributed by atoms with Crippen LogP contribution in [0.2, 0.25) is 0 Å². The third-order valence-electron chi connectivity index (χ3n) is 2.24. The quantitative estimate of drug-likeness (QED) is 0.881. The summed E-state index contributed by atoms with van der Waals surface area (Å²) in [6, 6.07) is 4.13. The van der Waals surface area contributed by atoms with Crippen LogP contribution in [0.5, 0.6) is 5.88 Å². The molecule has 0 aliphatic rings. The van der Waals surface area contributed by atoms with Gasteiger partial charge in [-0.2, -0.15) is 0 Å². The van der Waals surface area contributed by atoms with Crippen LogP contribution in [0.25, 0.3) is 0 Å². The van der Waals surface area contributed by atoms with E-state index in [1.165, 1.54) is 11.2 Å². The maximum absolute atomic E-state index is 5.66. The smallest absolute Gasteiger partial charge is 0.221 e. The Morgan fingerprint density at radius 1 is 1.44 bits per heavy atom. The van der Waals surface area contributed by atoms with E-state index in [0.717, 1.165) is 12.0 Å². The molecule has 0 saturated heterocycles. The summed E-state index contributed by atoms with van der Waals surface area (Å²) < 4.78 is 5.57. The second-order valence-corrected chi connectivity index (χ2v) is 4.40. The van der Waals surface area contributed by atoms with Gasteiger partial charge in [-0.25, -0.2) is 9.97 Å². The monoisotopic (exact) mass is 235 g/mol. The van der Waals surface area contributed by atoms with Crippen molar-refractivity contribution in [1.82, 2.24) is 9.97 Å². The summed E-state index contributed by atoms with van der Waals surface area (Å²) >= 11 is 1.73. The lowest BCUT2D eigenvalue weighted by Gasteiger charge is -2.07. The zero-order valence-electron chi connectivity index (χ0n) is 9.01. The molecule has 0 fully saturated rings. The van der Waals surface area contributed by atoms with Gasteiger partial charge >= 0.3 is 0 Å². The van der Waals surface area contributed by atoms with Gasteiger partial charge in [0.2, 0.25) is 5.88 Å². The molecule has 4 nitrogen and oxygen atoms in total. The molecule has 0 saturated carbocycles. The lowest BCUT2D eigenvalue weighted by molar-refractivity contribution is 0.308. The van der Waals surface area contributed by atoms with Crippen molar-refractivity contribution >= 4 is 17.2 Å². The number of hydrogen-bond acceptors (Lipinski definition) is 5. The summed E-state index contributed by atoms with van der Waals surface area (Å²) in [6.07, 6.45) is 2.31. The number of nitrogens with two attached hydrogens (primary N) is 1. The van der Waals surface area contributed by atoms with Crippen LogP contribution < -0.4 is 10.5 Å². The molecule has 0 spiro atoms. The first-order valence-corrected chi connectivity index (χ1v) is 5.87. The van der Waals surface area contributed by atoms with Gasteiger partial charge in [0, 0.05) is 11.3 Å². The minimum absolute atomic E-state index is 0.473. The van der Waals surface area contributed by atoms with Crippen molar-refractivity contribution in [1.29, 1.82) is 0 Å². The molecule has 16 heavy (non-hydrogen) atoms. The van der Waals surface area contributed by atoms with E-state index in [0.29, 0.717) is 18.3 Å². The predicted molar refractivity (Wildman–Crippen MR) is 64.7 cm³/mol. The van der Waals surface area contributed by atoms with Crippen LogP contribution in [0.3, 0.4) is 0 Å². The number of aromatic nitrogens is 2. The summed E-state index contributed by atoms with van der Waals surface area (Å²) in [4.78, 5) is 9.24. The van der Waals surface area contributed by atoms with E-state index in [1.54, 1.807) is 11.3 Å². The molecule has 5 heteroatoms. The molecule has 0 aliphatic heterocycles. The number of rotatable bonds is 4. The van der Waals surface area contributed by atoms with Gasteiger partial charge in [0.05, 0.1) is 12.2 Å². The van der Waals surface area contributed by atoms with Crippen molar-refractivity contribution in [3.63, 3.8) is 0 Å². The van der Waals surface area contributed by atoms with Crippen molar-refractivity contribution in [2.45, 2.75) is 13.3 Å². The third kappa shape index (κ3) is 2.49. The Hall–Kier alpha value is -1.62. The maximum Gasteiger partial charge on any atom is 0.221 e. The average molecular weight is 235 g/mol. The Labute approximate surface area is 98.1 Å². The summed E-state index contributed by atoms with van der Waals surface area (Å²) in [5, 5.41) is 2.06. The van der Waals surface area contributed by atoms with E-state index in [2.05, 4.69) is 21.4 Å². The first kappa shape index (κ1) is 10.9. The number of thiophene rings is 1. The van der Waals surface area contributed by atoms with E-state index in [1.807, 2.05) is 13.0 Å². The van der Waals surface area contributed by atoms with E-state index in [9.17, 15) is 0 Å². The van der Waals surface area contributed by atoms with E-state index in [-0.39, 0.29) is 0 Å². The first-order valence-electron chi connectivity index (χ1n) is 4.99. The van der Waals surface area contributed by atoms with Crippen molar-refractivity contribution in [3.05, 3.63) is 34.3 Å². The molecule has 0 radical (unpaired) electrons. The highest BCUT2D eigenvalue weighted by Crippen LogP contribution is 2.18. The fraction of sp³-hybridized carbons (Fsp3) is 0.273. The molecule has 2 aromatic rings. The van der Waals surface area contributed by atoms with Crippen molar-refractivity contribution in [2.75, 3.05) is 12.3 Å². The second-order valence-electron chi connectivity index (χ2n) is 3.37. The van der Waals surface area contributed by atoms with Crippen LogP contribution in [0.1, 0.15) is 10.4 Å². The van der Waals surface area contributed by atoms with Gasteiger partial charge in [-0.15, -0.1) is 11.3 Å². The molecule has 0 unspecified atom stereocenters. The number of nitrogens with zero attached hydrogens (tertiary/aromatic N) is 2.